The maximum absolute atomic E-state index is 13.3. The van der Waals surface area contributed by atoms with Gasteiger partial charge in [0, 0.05) is 24.2 Å². The topological polar surface area (TPSA) is 127 Å². The molecule has 0 saturated carbocycles. The van der Waals surface area contributed by atoms with Crippen molar-refractivity contribution in [2.45, 2.75) is 44.6 Å². The number of carbonyl (C=O) groups excluding carboxylic acids is 2. The molecule has 1 fully saturated rings. The highest BCUT2D eigenvalue weighted by Crippen LogP contribution is 2.32. The number of aryl methyl sites for hydroxylation is 3. The Labute approximate surface area is 173 Å². The van der Waals surface area contributed by atoms with Gasteiger partial charge >= 0.3 is 0 Å². The number of hydrogen-bond donors (Lipinski definition) is 1. The van der Waals surface area contributed by atoms with Gasteiger partial charge in [0.1, 0.15) is 6.04 Å². The van der Waals surface area contributed by atoms with Crippen LogP contribution in [-0.2, 0) is 19.6 Å². The molecule has 9 nitrogen and oxygen atoms in total. The second kappa shape index (κ2) is 7.86. The van der Waals surface area contributed by atoms with Crippen molar-refractivity contribution in [3.63, 3.8) is 0 Å². The van der Waals surface area contributed by atoms with E-state index >= 15 is 0 Å². The number of sulfonamides is 1. The summed E-state index contributed by atoms with van der Waals surface area (Å²) in [4.78, 5) is 35.6. The first-order valence-corrected chi connectivity index (χ1v) is 10.7. The lowest BCUT2D eigenvalue weighted by atomic mass is 10.1. The van der Waals surface area contributed by atoms with Gasteiger partial charge in [0.25, 0.3) is 15.7 Å². The molecule has 1 N–H and O–H groups in total. The minimum atomic E-state index is -4.26. The number of rotatable bonds is 5. The number of benzene rings is 2. The second-order valence-corrected chi connectivity index (χ2v) is 9.03. The van der Waals surface area contributed by atoms with E-state index in [9.17, 15) is 28.1 Å². The summed E-state index contributed by atoms with van der Waals surface area (Å²) in [5, 5.41) is 13.4. The molecule has 1 aliphatic rings. The van der Waals surface area contributed by atoms with Gasteiger partial charge in [-0.15, -0.1) is 0 Å². The van der Waals surface area contributed by atoms with E-state index in [0.717, 1.165) is 5.56 Å². The molecule has 1 atom stereocenters. The van der Waals surface area contributed by atoms with Gasteiger partial charge in [-0.2, -0.15) is 0 Å². The third kappa shape index (κ3) is 3.90. The zero-order valence-corrected chi connectivity index (χ0v) is 17.5. The summed E-state index contributed by atoms with van der Waals surface area (Å²) in [5.74, 6) is -1.37. The van der Waals surface area contributed by atoms with Gasteiger partial charge in [-0.25, -0.2) is 12.7 Å². The third-order valence-electron chi connectivity index (χ3n) is 4.91. The van der Waals surface area contributed by atoms with Crippen LogP contribution in [0.3, 0.4) is 0 Å². The van der Waals surface area contributed by atoms with Crippen molar-refractivity contribution in [3.05, 3.63) is 63.2 Å². The lowest BCUT2D eigenvalue weighted by Crippen LogP contribution is -2.45. The number of carbonyl (C=O) groups is 2. The molecule has 0 radical (unpaired) electrons. The molecule has 0 bridgehead atoms. The van der Waals surface area contributed by atoms with Crippen molar-refractivity contribution in [1.29, 1.82) is 0 Å². The molecule has 1 heterocycles. The number of nitro groups is 1. The summed E-state index contributed by atoms with van der Waals surface area (Å²) in [6.45, 7) is 5.13. The molecule has 0 aromatic heterocycles. The standard InChI is InChI=1S/C20H21N3O6S/c1-12-9-13(2)19(14(3)10-12)30(28,29)22-17(7-8-18(22)24)20(25)21-15-5-4-6-16(11-15)23(26)27/h4-6,9-11,17H,7-8H2,1-3H3,(H,21,25)/t17-/m0/s1. The molecule has 30 heavy (non-hydrogen) atoms. The van der Waals surface area contributed by atoms with Crippen LogP contribution in [0.5, 0.6) is 0 Å². The molecule has 1 aliphatic heterocycles. The fourth-order valence-corrected chi connectivity index (χ4v) is 5.82. The van der Waals surface area contributed by atoms with Crippen LogP contribution in [0, 0.1) is 30.9 Å². The predicted octanol–water partition coefficient (Wildman–Crippen LogP) is 2.84. The number of non-ortho nitro benzene ring substituents is 1. The summed E-state index contributed by atoms with van der Waals surface area (Å²) in [5.41, 5.74) is 1.80. The van der Waals surface area contributed by atoms with Gasteiger partial charge in [-0.3, -0.25) is 19.7 Å². The van der Waals surface area contributed by atoms with Crippen LogP contribution in [0.25, 0.3) is 0 Å². The molecule has 0 spiro atoms. The minimum absolute atomic E-state index is 0.0106. The van der Waals surface area contributed by atoms with Gasteiger partial charge in [0.05, 0.1) is 9.82 Å². The Hall–Kier alpha value is -3.27. The van der Waals surface area contributed by atoms with Crippen LogP contribution in [0.15, 0.2) is 41.3 Å². The van der Waals surface area contributed by atoms with Crippen molar-refractivity contribution in [1.82, 2.24) is 4.31 Å². The van der Waals surface area contributed by atoms with Crippen molar-refractivity contribution in [2.24, 2.45) is 0 Å². The molecule has 0 aliphatic carbocycles. The number of hydrogen-bond acceptors (Lipinski definition) is 6. The number of nitro benzene ring substituents is 1. The normalized spacial score (nSPS) is 16.6. The summed E-state index contributed by atoms with van der Waals surface area (Å²) in [6.07, 6.45) is -0.0566. The molecular weight excluding hydrogens is 410 g/mol. The summed E-state index contributed by atoms with van der Waals surface area (Å²) in [6, 6.07) is 7.48. The van der Waals surface area contributed by atoms with E-state index in [-0.39, 0.29) is 29.1 Å². The minimum Gasteiger partial charge on any atom is -0.324 e. The average Bonchev–Trinajstić information content (AvgIpc) is 3.03. The SMILES string of the molecule is Cc1cc(C)c(S(=O)(=O)N2C(=O)CC[C@H]2C(=O)Nc2cccc([N+](=O)[O-])c2)c(C)c1. The van der Waals surface area contributed by atoms with Crippen LogP contribution in [0.2, 0.25) is 0 Å². The maximum atomic E-state index is 13.3. The van der Waals surface area contributed by atoms with Crippen molar-refractivity contribution < 1.29 is 22.9 Å². The van der Waals surface area contributed by atoms with Crippen LogP contribution < -0.4 is 5.32 Å². The Balaban J connectivity index is 1.95. The highest BCUT2D eigenvalue weighted by atomic mass is 32.2. The number of amides is 2. The van der Waals surface area contributed by atoms with Crippen molar-refractivity contribution >= 4 is 33.2 Å². The van der Waals surface area contributed by atoms with E-state index < -0.39 is 32.8 Å². The van der Waals surface area contributed by atoms with E-state index in [1.165, 1.54) is 24.3 Å². The third-order valence-corrected chi connectivity index (χ3v) is 7.05. The highest BCUT2D eigenvalue weighted by Gasteiger charge is 2.45. The Morgan fingerprint density at radius 1 is 1.17 bits per heavy atom. The van der Waals surface area contributed by atoms with Gasteiger partial charge < -0.3 is 5.32 Å². The number of anilines is 1. The van der Waals surface area contributed by atoms with Gasteiger partial charge in [-0.1, -0.05) is 23.8 Å². The largest absolute Gasteiger partial charge is 0.324 e. The Kier molecular flexibility index (Phi) is 5.62. The summed E-state index contributed by atoms with van der Waals surface area (Å²) >= 11 is 0. The van der Waals surface area contributed by atoms with Crippen LogP contribution in [0.1, 0.15) is 29.5 Å². The Morgan fingerprint density at radius 2 is 1.80 bits per heavy atom. The fourth-order valence-electron chi connectivity index (χ4n) is 3.80. The molecule has 0 unspecified atom stereocenters. The van der Waals surface area contributed by atoms with Gasteiger partial charge in [0.15, 0.2) is 0 Å². The second-order valence-electron chi connectivity index (χ2n) is 7.27. The molecule has 2 aromatic carbocycles. The van der Waals surface area contributed by atoms with Crippen LogP contribution in [0.4, 0.5) is 11.4 Å². The van der Waals surface area contributed by atoms with E-state index in [0.29, 0.717) is 15.4 Å². The summed E-state index contributed by atoms with van der Waals surface area (Å²) < 4.78 is 27.3. The molecule has 1 saturated heterocycles. The average molecular weight is 431 g/mol. The first-order valence-electron chi connectivity index (χ1n) is 9.23. The van der Waals surface area contributed by atoms with E-state index in [1.807, 2.05) is 6.92 Å². The molecular formula is C20H21N3O6S. The van der Waals surface area contributed by atoms with E-state index in [4.69, 9.17) is 0 Å². The molecule has 2 aromatic rings. The van der Waals surface area contributed by atoms with Crippen LogP contribution in [-0.4, -0.2) is 35.5 Å². The number of nitrogens with zero attached hydrogens (tertiary/aromatic N) is 2. The fraction of sp³-hybridized carbons (Fsp3) is 0.300. The quantitative estimate of drug-likeness (QED) is 0.573. The van der Waals surface area contributed by atoms with Gasteiger partial charge in [-0.05, 0) is 44.4 Å². The molecule has 2 amide bonds. The van der Waals surface area contributed by atoms with E-state index in [2.05, 4.69) is 5.32 Å². The smallest absolute Gasteiger partial charge is 0.271 e. The zero-order valence-electron chi connectivity index (χ0n) is 16.7. The zero-order chi connectivity index (χ0) is 22.2. The Morgan fingerprint density at radius 3 is 2.40 bits per heavy atom. The predicted molar refractivity (Wildman–Crippen MR) is 109 cm³/mol. The molecule has 10 heteroatoms. The highest BCUT2D eigenvalue weighted by molar-refractivity contribution is 7.89. The van der Waals surface area contributed by atoms with Gasteiger partial charge in [0.2, 0.25) is 11.8 Å². The maximum Gasteiger partial charge on any atom is 0.271 e. The van der Waals surface area contributed by atoms with Crippen LogP contribution >= 0.6 is 0 Å². The first-order chi connectivity index (χ1) is 14.0. The number of nitrogens with one attached hydrogen (secondary N) is 1. The monoisotopic (exact) mass is 431 g/mol. The Bertz CT molecular complexity index is 1140. The lowest BCUT2D eigenvalue weighted by Gasteiger charge is -2.25. The molecule has 158 valence electrons. The first kappa shape index (κ1) is 21.4. The van der Waals surface area contributed by atoms with Crippen molar-refractivity contribution in [3.8, 4) is 0 Å². The lowest BCUT2D eigenvalue weighted by molar-refractivity contribution is -0.384. The van der Waals surface area contributed by atoms with E-state index in [1.54, 1.807) is 26.0 Å². The summed E-state index contributed by atoms with van der Waals surface area (Å²) in [7, 11) is -4.26. The van der Waals surface area contributed by atoms with Crippen molar-refractivity contribution in [2.75, 3.05) is 5.32 Å². The molecule has 3 rings (SSSR count).